The van der Waals surface area contributed by atoms with Gasteiger partial charge in [0.1, 0.15) is 0 Å². The van der Waals surface area contributed by atoms with Crippen LogP contribution in [-0.2, 0) is 32.5 Å². The molecule has 3 heterocycles. The quantitative estimate of drug-likeness (QED) is 0.0950. The highest BCUT2D eigenvalue weighted by Crippen LogP contribution is 2.53. The van der Waals surface area contributed by atoms with Gasteiger partial charge in [0.25, 0.3) is 0 Å². The fourth-order valence-corrected chi connectivity index (χ4v) is 11.1. The molecule has 3 aliphatic heterocycles. The van der Waals surface area contributed by atoms with E-state index in [0.717, 1.165) is 33.4 Å². The SMILES string of the molecule is CC(C)(C(=O)c1ccc(CC2(Cc3ccc(C(=O)C(C)(C)N4CCOCC4)cc3)c3cc(C(=O)c4ccccc4)ccc3-c3ccc(C(=O)C(C)(C)N4CCOCC4)cc32)cc1)N1CCOCC1. The highest BCUT2D eigenvalue weighted by Gasteiger charge is 2.46. The van der Waals surface area contributed by atoms with Gasteiger partial charge < -0.3 is 14.2 Å². The van der Waals surface area contributed by atoms with Crippen LogP contribution in [-0.4, -0.2) is 133 Å². The number of morpholine rings is 3. The summed E-state index contributed by atoms with van der Waals surface area (Å²) in [5.41, 5.74) is 6.13. The predicted octanol–water partition coefficient (Wildman–Crippen LogP) is 8.55. The second kappa shape index (κ2) is 19.1. The molecule has 0 bridgehead atoms. The van der Waals surface area contributed by atoms with E-state index in [-0.39, 0.29) is 23.1 Å². The molecule has 0 radical (unpaired) electrons. The molecule has 0 saturated carbocycles. The van der Waals surface area contributed by atoms with E-state index in [1.807, 2.05) is 108 Å². The van der Waals surface area contributed by atoms with Crippen molar-refractivity contribution in [3.05, 3.63) is 165 Å². The average Bonchev–Trinajstić information content (AvgIpc) is 3.63. The van der Waals surface area contributed by atoms with Gasteiger partial charge in [0.15, 0.2) is 23.1 Å². The molecule has 68 heavy (non-hydrogen) atoms. The Balaban J connectivity index is 1.16. The molecular formula is C58H65N3O7. The molecule has 0 amide bonds. The van der Waals surface area contributed by atoms with Crippen LogP contribution in [0.3, 0.4) is 0 Å². The zero-order valence-electron chi connectivity index (χ0n) is 40.6. The lowest BCUT2D eigenvalue weighted by Crippen LogP contribution is -2.54. The van der Waals surface area contributed by atoms with Gasteiger partial charge in [0.05, 0.1) is 56.3 Å². The van der Waals surface area contributed by atoms with Crippen molar-refractivity contribution in [2.45, 2.75) is 76.4 Å². The first-order valence-electron chi connectivity index (χ1n) is 24.3. The maximum absolute atomic E-state index is 14.8. The number of fused-ring (bicyclic) bond motifs is 3. The van der Waals surface area contributed by atoms with Crippen LogP contribution in [0.25, 0.3) is 11.1 Å². The number of nitrogens with zero attached hydrogens (tertiary/aromatic N) is 3. The summed E-state index contributed by atoms with van der Waals surface area (Å²) in [6, 6.07) is 37.6. The first-order valence-corrected chi connectivity index (χ1v) is 24.3. The monoisotopic (exact) mass is 915 g/mol. The van der Waals surface area contributed by atoms with Gasteiger partial charge in [-0.1, -0.05) is 103 Å². The van der Waals surface area contributed by atoms with Gasteiger partial charge in [-0.25, -0.2) is 0 Å². The zero-order valence-corrected chi connectivity index (χ0v) is 40.6. The third-order valence-electron chi connectivity index (χ3n) is 15.4. The van der Waals surface area contributed by atoms with E-state index in [1.54, 1.807) is 0 Å². The standard InChI is InChI=1S/C58H65N3O7/c1-55(2,59-24-30-66-31-25-59)52(63)43-16-12-40(13-17-43)38-58(39-41-14-18-44(19-15-41)53(64)56(3,4)60-26-32-67-33-27-60)49-36-45(51(62)42-10-8-7-9-11-42)20-22-47(49)48-23-21-46(37-50(48)58)54(65)57(5,6)61-28-34-68-35-29-61/h7-23,36-37H,24-35,38-39H2,1-6H3. The van der Waals surface area contributed by atoms with Crippen molar-refractivity contribution in [2.24, 2.45) is 0 Å². The molecule has 3 fully saturated rings. The maximum Gasteiger partial charge on any atom is 0.193 e. The van der Waals surface area contributed by atoms with Crippen LogP contribution in [0.2, 0.25) is 0 Å². The molecule has 0 spiro atoms. The summed E-state index contributed by atoms with van der Waals surface area (Å²) < 4.78 is 16.9. The maximum atomic E-state index is 14.8. The number of Topliss-reactive ketones (excluding diaryl/α,β-unsaturated/α-hetero) is 3. The van der Waals surface area contributed by atoms with E-state index in [0.29, 0.717) is 120 Å². The van der Waals surface area contributed by atoms with Gasteiger partial charge in [0, 0.05) is 72.5 Å². The predicted molar refractivity (Wildman–Crippen MR) is 265 cm³/mol. The lowest BCUT2D eigenvalue weighted by molar-refractivity contribution is -0.00443. The number of benzene rings is 5. The van der Waals surface area contributed by atoms with Gasteiger partial charge in [-0.15, -0.1) is 0 Å². The third-order valence-corrected chi connectivity index (χ3v) is 15.4. The van der Waals surface area contributed by atoms with Crippen LogP contribution in [0.4, 0.5) is 0 Å². The Hall–Kier alpha value is -5.46. The van der Waals surface area contributed by atoms with Crippen molar-refractivity contribution in [3.63, 3.8) is 0 Å². The summed E-state index contributed by atoms with van der Waals surface area (Å²) in [7, 11) is 0. The number of rotatable bonds is 15. The first kappa shape index (κ1) is 47.6. The Morgan fingerprint density at radius 1 is 0.426 bits per heavy atom. The minimum atomic E-state index is -0.783. The number of hydrogen-bond donors (Lipinski definition) is 0. The zero-order chi connectivity index (χ0) is 47.8. The fraction of sp³-hybridized carbons (Fsp3) is 0.414. The second-order valence-electron chi connectivity index (χ2n) is 20.5. The van der Waals surface area contributed by atoms with E-state index in [9.17, 15) is 19.2 Å². The van der Waals surface area contributed by atoms with Crippen molar-refractivity contribution >= 4 is 23.1 Å². The van der Waals surface area contributed by atoms with E-state index in [2.05, 4.69) is 63.2 Å². The molecule has 354 valence electrons. The summed E-state index contributed by atoms with van der Waals surface area (Å²) in [5.74, 6) is 0.0684. The third kappa shape index (κ3) is 8.99. The van der Waals surface area contributed by atoms with Crippen molar-refractivity contribution in [3.8, 4) is 11.1 Å². The van der Waals surface area contributed by atoms with Crippen LogP contribution in [0.1, 0.15) is 111 Å². The van der Waals surface area contributed by atoms with Crippen molar-refractivity contribution in [1.29, 1.82) is 0 Å². The Labute approximate surface area is 401 Å². The molecule has 9 rings (SSSR count). The Kier molecular flexibility index (Phi) is 13.4. The number of hydrogen-bond acceptors (Lipinski definition) is 10. The molecule has 0 aromatic heterocycles. The first-order chi connectivity index (χ1) is 32.6. The summed E-state index contributed by atoms with van der Waals surface area (Å²) in [4.78, 5) is 64.2. The number of carbonyl (C=O) groups excluding carboxylic acids is 4. The van der Waals surface area contributed by atoms with Crippen LogP contribution in [0.15, 0.2) is 115 Å². The van der Waals surface area contributed by atoms with Gasteiger partial charge >= 0.3 is 0 Å². The minimum Gasteiger partial charge on any atom is -0.379 e. The highest BCUT2D eigenvalue weighted by atomic mass is 16.5. The molecule has 3 saturated heterocycles. The molecular weight excluding hydrogens is 851 g/mol. The van der Waals surface area contributed by atoms with E-state index in [1.165, 1.54) is 0 Å². The Morgan fingerprint density at radius 2 is 0.765 bits per heavy atom. The minimum absolute atomic E-state index is 0.0310. The summed E-state index contributed by atoms with van der Waals surface area (Å²) >= 11 is 0. The topological polar surface area (TPSA) is 106 Å². The normalized spacial score (nSPS) is 18.1. The van der Waals surface area contributed by atoms with Crippen molar-refractivity contribution < 1.29 is 33.4 Å². The van der Waals surface area contributed by atoms with Gasteiger partial charge in [0.2, 0.25) is 0 Å². The number of ketones is 4. The second-order valence-corrected chi connectivity index (χ2v) is 20.5. The Bertz CT molecular complexity index is 2580. The summed E-state index contributed by atoms with van der Waals surface area (Å²) in [5, 5.41) is 0. The van der Waals surface area contributed by atoms with Crippen molar-refractivity contribution in [1.82, 2.24) is 14.7 Å². The molecule has 10 heteroatoms. The van der Waals surface area contributed by atoms with Crippen LogP contribution < -0.4 is 0 Å². The van der Waals surface area contributed by atoms with Crippen LogP contribution >= 0.6 is 0 Å². The largest absolute Gasteiger partial charge is 0.379 e. The molecule has 5 aromatic rings. The van der Waals surface area contributed by atoms with Gasteiger partial charge in [-0.3, -0.25) is 33.9 Å². The molecule has 0 atom stereocenters. The molecule has 10 nitrogen and oxygen atoms in total. The molecule has 5 aromatic carbocycles. The molecule has 0 unspecified atom stereocenters. The lowest BCUT2D eigenvalue weighted by atomic mass is 9.68. The van der Waals surface area contributed by atoms with Crippen molar-refractivity contribution in [2.75, 3.05) is 78.9 Å². The van der Waals surface area contributed by atoms with E-state index in [4.69, 9.17) is 14.2 Å². The van der Waals surface area contributed by atoms with E-state index < -0.39 is 22.0 Å². The lowest BCUT2D eigenvalue weighted by Gasteiger charge is -2.40. The van der Waals surface area contributed by atoms with Gasteiger partial charge in [-0.2, -0.15) is 0 Å². The van der Waals surface area contributed by atoms with Crippen LogP contribution in [0.5, 0.6) is 0 Å². The smallest absolute Gasteiger partial charge is 0.193 e. The van der Waals surface area contributed by atoms with Gasteiger partial charge in [-0.05, 0) is 99.9 Å². The highest BCUT2D eigenvalue weighted by molar-refractivity contribution is 6.10. The fourth-order valence-electron chi connectivity index (χ4n) is 11.1. The molecule has 1 aliphatic carbocycles. The number of ether oxygens (including phenoxy) is 3. The van der Waals surface area contributed by atoms with Crippen LogP contribution in [0, 0.1) is 0 Å². The summed E-state index contributed by atoms with van der Waals surface area (Å²) in [6.45, 7) is 19.7. The molecule has 4 aliphatic rings. The van der Waals surface area contributed by atoms with E-state index >= 15 is 0 Å². The Morgan fingerprint density at radius 3 is 1.16 bits per heavy atom. The number of carbonyl (C=O) groups is 4. The average molecular weight is 916 g/mol. The summed E-state index contributed by atoms with van der Waals surface area (Å²) in [6.07, 6.45) is 1.01. The molecule has 0 N–H and O–H groups in total.